The first-order valence-electron chi connectivity index (χ1n) is 7.71. The quantitative estimate of drug-likeness (QED) is 0.388. The lowest BCUT2D eigenvalue weighted by Crippen LogP contribution is -2.29. The van der Waals surface area contributed by atoms with Crippen LogP contribution in [0.3, 0.4) is 0 Å². The molecule has 0 bridgehead atoms. The van der Waals surface area contributed by atoms with Gasteiger partial charge in [0.2, 0.25) is 0 Å². The molecule has 2 aromatic carbocycles. The zero-order chi connectivity index (χ0) is 16.8. The highest BCUT2D eigenvalue weighted by atomic mass is 79.9. The molecule has 0 saturated carbocycles. The van der Waals surface area contributed by atoms with E-state index in [0.29, 0.717) is 10.9 Å². The molecule has 2 aromatic rings. The number of nitro benzene ring substituents is 1. The van der Waals surface area contributed by atoms with Gasteiger partial charge in [0.05, 0.1) is 21.7 Å². The highest BCUT2D eigenvalue weighted by Crippen LogP contribution is 2.52. The minimum Gasteiger partial charge on any atom is -0.376 e. The Balaban J connectivity index is 1.83. The van der Waals surface area contributed by atoms with Gasteiger partial charge in [0, 0.05) is 22.5 Å². The van der Waals surface area contributed by atoms with Gasteiger partial charge in [-0.3, -0.25) is 10.1 Å². The lowest BCUT2D eigenvalue weighted by atomic mass is 9.77. The van der Waals surface area contributed by atoms with Crippen LogP contribution in [0.4, 0.5) is 11.4 Å². The maximum Gasteiger partial charge on any atom is 0.271 e. The molecule has 2 aliphatic rings. The molecule has 1 aliphatic carbocycles. The van der Waals surface area contributed by atoms with E-state index in [4.69, 9.17) is 11.6 Å². The number of fused-ring (bicyclic) bond motifs is 3. The van der Waals surface area contributed by atoms with Crippen molar-refractivity contribution in [3.05, 3.63) is 79.3 Å². The van der Waals surface area contributed by atoms with Crippen molar-refractivity contribution in [1.29, 1.82) is 0 Å². The Labute approximate surface area is 152 Å². The van der Waals surface area contributed by atoms with Crippen LogP contribution in [0, 0.1) is 16.0 Å². The van der Waals surface area contributed by atoms with Gasteiger partial charge in [-0.05, 0) is 35.6 Å². The number of nitro groups is 1. The number of halogens is 2. The molecule has 0 fully saturated rings. The van der Waals surface area contributed by atoms with Crippen LogP contribution in [0.5, 0.6) is 0 Å². The summed E-state index contributed by atoms with van der Waals surface area (Å²) in [5.41, 5.74) is 2.95. The smallest absolute Gasteiger partial charge is 0.271 e. The monoisotopic (exact) mass is 404 g/mol. The normalized spacial score (nSPS) is 24.2. The van der Waals surface area contributed by atoms with Gasteiger partial charge in [0.1, 0.15) is 0 Å². The van der Waals surface area contributed by atoms with Crippen molar-refractivity contribution in [2.45, 2.75) is 18.4 Å². The second-order valence-corrected chi connectivity index (χ2v) is 7.50. The Morgan fingerprint density at radius 3 is 2.88 bits per heavy atom. The molecule has 0 unspecified atom stereocenters. The largest absolute Gasteiger partial charge is 0.376 e. The minimum absolute atomic E-state index is 0.0421. The Morgan fingerprint density at radius 1 is 1.29 bits per heavy atom. The molecule has 24 heavy (non-hydrogen) atoms. The standard InChI is InChI=1S/C18H14BrClN2O2/c19-11-4-1-3-10(7-11)17-14-6-2-5-13(14)15-8-12(22(23)24)9-16(20)18(15)21-17/h1-5,7-9,13-14,17,21H,6H2/t13-,14-,17-/m1/s1. The molecule has 122 valence electrons. The number of allylic oxidation sites excluding steroid dienone is 2. The number of hydrogen-bond donors (Lipinski definition) is 1. The summed E-state index contributed by atoms with van der Waals surface area (Å²) in [5.74, 6) is 0.465. The van der Waals surface area contributed by atoms with Crippen LogP contribution in [0.2, 0.25) is 5.02 Å². The first kappa shape index (κ1) is 15.7. The van der Waals surface area contributed by atoms with Crippen LogP contribution in [0.15, 0.2) is 53.0 Å². The van der Waals surface area contributed by atoms with Crippen molar-refractivity contribution >= 4 is 38.9 Å². The maximum atomic E-state index is 11.2. The van der Waals surface area contributed by atoms with E-state index < -0.39 is 0 Å². The summed E-state index contributed by atoms with van der Waals surface area (Å²) in [6.07, 6.45) is 5.24. The van der Waals surface area contributed by atoms with E-state index >= 15 is 0 Å². The number of rotatable bonds is 2. The van der Waals surface area contributed by atoms with Crippen molar-refractivity contribution in [2.75, 3.05) is 5.32 Å². The zero-order valence-electron chi connectivity index (χ0n) is 12.6. The fraction of sp³-hybridized carbons (Fsp3) is 0.222. The lowest BCUT2D eigenvalue weighted by Gasteiger charge is -2.37. The average molecular weight is 406 g/mol. The van der Waals surface area contributed by atoms with E-state index in [9.17, 15) is 10.1 Å². The van der Waals surface area contributed by atoms with Crippen LogP contribution in [0.25, 0.3) is 0 Å². The molecule has 0 amide bonds. The molecule has 0 spiro atoms. The van der Waals surface area contributed by atoms with E-state index in [1.165, 1.54) is 11.6 Å². The first-order chi connectivity index (χ1) is 11.5. The second-order valence-electron chi connectivity index (χ2n) is 6.18. The van der Waals surface area contributed by atoms with Crippen LogP contribution in [-0.2, 0) is 0 Å². The maximum absolute atomic E-state index is 11.2. The summed E-state index contributed by atoms with van der Waals surface area (Å²) in [5, 5.41) is 15.1. The number of anilines is 1. The van der Waals surface area contributed by atoms with Gasteiger partial charge in [-0.1, -0.05) is 51.8 Å². The molecule has 3 atom stereocenters. The third kappa shape index (κ3) is 2.52. The Hall–Kier alpha value is -1.85. The molecule has 0 radical (unpaired) electrons. The average Bonchev–Trinajstić information content (AvgIpc) is 3.04. The SMILES string of the molecule is O=[N+]([O-])c1cc(Cl)c2c(c1)[C@@H]1C=CC[C@H]1[C@@H](c1cccc(Br)c1)N2. The molecule has 6 heteroatoms. The van der Waals surface area contributed by atoms with Crippen molar-refractivity contribution in [3.8, 4) is 0 Å². The van der Waals surface area contributed by atoms with Crippen molar-refractivity contribution in [2.24, 2.45) is 5.92 Å². The molecule has 4 nitrogen and oxygen atoms in total. The van der Waals surface area contributed by atoms with Crippen LogP contribution in [0.1, 0.15) is 29.5 Å². The van der Waals surface area contributed by atoms with Gasteiger partial charge in [-0.25, -0.2) is 0 Å². The molecule has 0 saturated heterocycles. The predicted octanol–water partition coefficient (Wildman–Crippen LogP) is 5.84. The molecule has 0 aromatic heterocycles. The highest BCUT2D eigenvalue weighted by Gasteiger charge is 2.39. The molecule has 4 rings (SSSR count). The molecular weight excluding hydrogens is 392 g/mol. The van der Waals surface area contributed by atoms with Crippen molar-refractivity contribution < 1.29 is 4.92 Å². The van der Waals surface area contributed by atoms with Gasteiger partial charge >= 0.3 is 0 Å². The van der Waals surface area contributed by atoms with E-state index in [1.807, 2.05) is 12.1 Å². The van der Waals surface area contributed by atoms with E-state index in [2.05, 4.69) is 45.5 Å². The fourth-order valence-electron chi connectivity index (χ4n) is 3.78. The summed E-state index contributed by atoms with van der Waals surface area (Å²) in [7, 11) is 0. The van der Waals surface area contributed by atoms with Crippen LogP contribution >= 0.6 is 27.5 Å². The molecular formula is C18H14BrClN2O2. The van der Waals surface area contributed by atoms with Crippen LogP contribution in [-0.4, -0.2) is 4.92 Å². The van der Waals surface area contributed by atoms with Gasteiger partial charge in [0.25, 0.3) is 5.69 Å². The topological polar surface area (TPSA) is 55.2 Å². The van der Waals surface area contributed by atoms with Gasteiger partial charge in [0.15, 0.2) is 0 Å². The molecule has 1 N–H and O–H groups in total. The lowest BCUT2D eigenvalue weighted by molar-refractivity contribution is -0.384. The molecule has 1 aliphatic heterocycles. The summed E-state index contributed by atoms with van der Waals surface area (Å²) >= 11 is 9.89. The number of nitrogens with one attached hydrogen (secondary N) is 1. The van der Waals surface area contributed by atoms with Gasteiger partial charge in [-0.2, -0.15) is 0 Å². The minimum atomic E-state index is -0.389. The summed E-state index contributed by atoms with van der Waals surface area (Å²) in [4.78, 5) is 10.8. The Morgan fingerprint density at radius 2 is 2.12 bits per heavy atom. The van der Waals surface area contributed by atoms with Crippen LogP contribution < -0.4 is 5.32 Å². The third-order valence-corrected chi connectivity index (χ3v) is 5.62. The molecule has 1 heterocycles. The fourth-order valence-corrected chi connectivity index (χ4v) is 4.47. The zero-order valence-corrected chi connectivity index (χ0v) is 14.9. The van der Waals surface area contributed by atoms with E-state index in [1.54, 1.807) is 6.07 Å². The predicted molar refractivity (Wildman–Crippen MR) is 98.6 cm³/mol. The number of nitrogens with zero attached hydrogens (tertiary/aromatic N) is 1. The van der Waals surface area contributed by atoms with E-state index in [-0.39, 0.29) is 22.6 Å². The first-order valence-corrected chi connectivity index (χ1v) is 8.88. The highest BCUT2D eigenvalue weighted by molar-refractivity contribution is 9.10. The number of non-ortho nitro benzene ring substituents is 1. The summed E-state index contributed by atoms with van der Waals surface area (Å²) < 4.78 is 1.03. The number of hydrogen-bond acceptors (Lipinski definition) is 3. The van der Waals surface area contributed by atoms with Gasteiger partial charge < -0.3 is 5.32 Å². The Kier molecular flexibility index (Phi) is 3.85. The Bertz CT molecular complexity index is 868. The van der Waals surface area contributed by atoms with Crippen molar-refractivity contribution in [3.63, 3.8) is 0 Å². The van der Waals surface area contributed by atoms with Gasteiger partial charge in [-0.15, -0.1) is 0 Å². The second kappa shape index (κ2) is 5.90. The van der Waals surface area contributed by atoms with Crippen molar-refractivity contribution in [1.82, 2.24) is 0 Å². The third-order valence-electron chi connectivity index (χ3n) is 4.82. The summed E-state index contributed by atoms with van der Waals surface area (Å²) in [6, 6.07) is 11.4. The van der Waals surface area contributed by atoms with E-state index in [0.717, 1.165) is 22.1 Å². The summed E-state index contributed by atoms with van der Waals surface area (Å²) in [6.45, 7) is 0. The number of benzene rings is 2.